The molecule has 24 heavy (non-hydrogen) atoms. The van der Waals surface area contributed by atoms with Gasteiger partial charge in [-0.15, -0.1) is 0 Å². The fraction of sp³-hybridized carbons (Fsp3) is 0.105. The van der Waals surface area contributed by atoms with Crippen molar-refractivity contribution < 1.29 is 9.59 Å². The van der Waals surface area contributed by atoms with Crippen molar-refractivity contribution in [1.82, 2.24) is 4.98 Å². The summed E-state index contributed by atoms with van der Waals surface area (Å²) in [7, 11) is 0. The fourth-order valence-corrected chi connectivity index (χ4v) is 6.28. The number of aryl methyl sites for hydroxylation is 1. The van der Waals surface area contributed by atoms with Gasteiger partial charge in [0.2, 0.25) is 0 Å². The molecule has 0 radical (unpaired) electrons. The monoisotopic (exact) mass is 397 g/mol. The number of hydrogen-bond acceptors (Lipinski definition) is 4. The van der Waals surface area contributed by atoms with Gasteiger partial charge >= 0.3 is 152 Å². The Kier molecular flexibility index (Phi) is 5.08. The van der Waals surface area contributed by atoms with Gasteiger partial charge in [-0.1, -0.05) is 0 Å². The van der Waals surface area contributed by atoms with Crippen LogP contribution in [-0.2, 0) is 0 Å². The summed E-state index contributed by atoms with van der Waals surface area (Å²) in [5.41, 5.74) is 2.43. The van der Waals surface area contributed by atoms with E-state index in [9.17, 15) is 9.59 Å². The van der Waals surface area contributed by atoms with Crippen LogP contribution in [0.3, 0.4) is 0 Å². The number of ketones is 2. The van der Waals surface area contributed by atoms with Crippen LogP contribution in [0.4, 0.5) is 0 Å². The van der Waals surface area contributed by atoms with E-state index in [0.717, 1.165) is 24.8 Å². The summed E-state index contributed by atoms with van der Waals surface area (Å²) in [6.07, 6.45) is 1.67. The Hall–Kier alpha value is -2.03. The van der Waals surface area contributed by atoms with Crippen molar-refractivity contribution in [2.24, 2.45) is 0 Å². The van der Waals surface area contributed by atoms with Crippen molar-refractivity contribution in [3.05, 3.63) is 76.3 Å². The molecule has 1 atom stereocenters. The van der Waals surface area contributed by atoms with Crippen LogP contribution in [0.5, 0.6) is 0 Å². The van der Waals surface area contributed by atoms with Gasteiger partial charge in [0.1, 0.15) is 0 Å². The summed E-state index contributed by atoms with van der Waals surface area (Å²) < 4.78 is 2.14. The van der Waals surface area contributed by atoms with Crippen LogP contribution in [0.15, 0.2) is 54.7 Å². The molecule has 0 spiro atoms. The molecule has 0 amide bonds. The Morgan fingerprint density at radius 1 is 1.08 bits per heavy atom. The molecule has 1 unspecified atom stereocenters. The predicted molar refractivity (Wildman–Crippen MR) is 99.6 cm³/mol. The summed E-state index contributed by atoms with van der Waals surface area (Å²) >= 11 is 0.819. The quantitative estimate of drug-likeness (QED) is 0.490. The third-order valence-corrected chi connectivity index (χ3v) is 7.60. The van der Waals surface area contributed by atoms with Crippen LogP contribution in [-0.4, -0.2) is 32.3 Å². The molecule has 2 aromatic carbocycles. The summed E-state index contributed by atoms with van der Waals surface area (Å²) in [5.74, 6) is 0.0962. The molecule has 0 fully saturated rings. The molecule has 0 aliphatic heterocycles. The topological polar surface area (TPSA) is 47.0 Å². The average Bonchev–Trinajstić information content (AvgIpc) is 3.03. The Morgan fingerprint density at radius 3 is 2.62 bits per heavy atom. The second-order valence-electron chi connectivity index (χ2n) is 5.44. The van der Waals surface area contributed by atoms with Crippen LogP contribution in [0.1, 0.15) is 38.1 Å². The Balaban J connectivity index is 1.81. The first-order chi connectivity index (χ1) is 11.5. The van der Waals surface area contributed by atoms with Crippen molar-refractivity contribution in [3.63, 3.8) is 0 Å². The zero-order valence-corrected chi connectivity index (χ0v) is 16.3. The van der Waals surface area contributed by atoms with Crippen LogP contribution in [0.2, 0.25) is 0 Å². The molecule has 3 rings (SSSR count). The number of hydrogen-bond donors (Lipinski definition) is 0. The summed E-state index contributed by atoms with van der Waals surface area (Å²) in [5, 5.41) is 0. The van der Waals surface area contributed by atoms with Gasteiger partial charge in [0, 0.05) is 0 Å². The number of aromatic nitrogens is 1. The van der Waals surface area contributed by atoms with E-state index < -0.39 is 15.8 Å². The minimum absolute atomic E-state index is 0.0286. The Morgan fingerprint density at radius 2 is 1.88 bits per heavy atom. The number of benzene rings is 2. The molecule has 0 aliphatic rings. The second kappa shape index (κ2) is 7.25. The molecule has 1 aromatic heterocycles. The Labute approximate surface area is 151 Å². The SMILES string of the molecule is CC(=O)c1cccc([AsH]c2ncc(C(=O)c3ccccc3C)s2)c1. The normalized spacial score (nSPS) is 11.1. The Bertz CT molecular complexity index is 917. The summed E-state index contributed by atoms with van der Waals surface area (Å²) in [6, 6.07) is 15.3. The average molecular weight is 397 g/mol. The zero-order chi connectivity index (χ0) is 17.1. The number of thiazole rings is 1. The van der Waals surface area contributed by atoms with Gasteiger partial charge in [0.25, 0.3) is 0 Å². The molecule has 0 N–H and O–H groups in total. The van der Waals surface area contributed by atoms with E-state index in [1.165, 1.54) is 11.3 Å². The number of Topliss-reactive ketones (excluding diaryl/α,β-unsaturated/α-hetero) is 1. The number of carbonyl (C=O) groups excluding carboxylic acids is 2. The molecule has 1 heterocycles. The van der Waals surface area contributed by atoms with Gasteiger partial charge in [-0.3, -0.25) is 0 Å². The van der Waals surface area contributed by atoms with E-state index in [0.29, 0.717) is 4.88 Å². The third-order valence-electron chi connectivity index (χ3n) is 3.64. The van der Waals surface area contributed by atoms with Gasteiger partial charge in [0.15, 0.2) is 0 Å². The van der Waals surface area contributed by atoms with Crippen molar-refractivity contribution in [2.45, 2.75) is 13.8 Å². The molecule has 0 aliphatic carbocycles. The molecular formula is C19H16AsNO2S. The minimum atomic E-state index is -0.645. The molecule has 0 saturated heterocycles. The van der Waals surface area contributed by atoms with Crippen LogP contribution in [0, 0.1) is 6.92 Å². The standard InChI is InChI=1S/C19H16AsNO2S/c1-12-6-3-4-9-16(12)18(23)17-11-21-19(24-17)20-15-8-5-7-14(10-15)13(2)22/h3-11,20H,1-2H3. The second-order valence-corrected chi connectivity index (χ2v) is 9.96. The van der Waals surface area contributed by atoms with Gasteiger partial charge in [0.05, 0.1) is 0 Å². The van der Waals surface area contributed by atoms with Crippen LogP contribution < -0.4 is 8.15 Å². The van der Waals surface area contributed by atoms with Crippen molar-refractivity contribution in [1.29, 1.82) is 0 Å². The fourth-order valence-electron chi connectivity index (χ4n) is 2.34. The first-order valence-corrected chi connectivity index (χ1v) is 10.4. The first kappa shape index (κ1) is 16.8. The van der Waals surface area contributed by atoms with Gasteiger partial charge in [-0.05, 0) is 0 Å². The van der Waals surface area contributed by atoms with Gasteiger partial charge in [-0.2, -0.15) is 0 Å². The van der Waals surface area contributed by atoms with E-state index in [1.807, 2.05) is 55.5 Å². The predicted octanol–water partition coefficient (Wildman–Crippen LogP) is 2.27. The van der Waals surface area contributed by atoms with Crippen LogP contribution >= 0.6 is 11.3 Å². The van der Waals surface area contributed by atoms with Gasteiger partial charge in [-0.25, -0.2) is 0 Å². The molecule has 0 saturated carbocycles. The third kappa shape index (κ3) is 3.72. The molecule has 3 aromatic rings. The van der Waals surface area contributed by atoms with E-state index in [1.54, 1.807) is 13.1 Å². The first-order valence-electron chi connectivity index (χ1n) is 7.49. The number of carbonyl (C=O) groups is 2. The van der Waals surface area contributed by atoms with E-state index in [2.05, 4.69) is 4.98 Å². The van der Waals surface area contributed by atoms with E-state index >= 15 is 0 Å². The molecule has 3 nitrogen and oxygen atoms in total. The van der Waals surface area contributed by atoms with E-state index in [4.69, 9.17) is 0 Å². The van der Waals surface area contributed by atoms with Gasteiger partial charge < -0.3 is 0 Å². The summed E-state index contributed by atoms with van der Waals surface area (Å²) in [4.78, 5) is 29.2. The molecule has 0 bridgehead atoms. The molecule has 5 heteroatoms. The number of nitrogens with zero attached hydrogens (tertiary/aromatic N) is 1. The summed E-state index contributed by atoms with van der Waals surface area (Å²) in [6.45, 7) is 3.51. The zero-order valence-electron chi connectivity index (χ0n) is 13.4. The molecule has 120 valence electrons. The van der Waals surface area contributed by atoms with Crippen molar-refractivity contribution in [2.75, 3.05) is 0 Å². The number of rotatable bonds is 5. The van der Waals surface area contributed by atoms with E-state index in [-0.39, 0.29) is 11.6 Å². The van der Waals surface area contributed by atoms with Crippen LogP contribution in [0.25, 0.3) is 0 Å². The van der Waals surface area contributed by atoms with Crippen molar-refractivity contribution >= 4 is 46.8 Å². The maximum atomic E-state index is 12.6. The molecular weight excluding hydrogens is 381 g/mol. The maximum absolute atomic E-state index is 12.6. The van der Waals surface area contributed by atoms with Crippen molar-refractivity contribution in [3.8, 4) is 0 Å².